The third-order valence-electron chi connectivity index (χ3n) is 2.69. The lowest BCUT2D eigenvalue weighted by Crippen LogP contribution is -2.22. The highest BCUT2D eigenvalue weighted by atomic mass is 32.1. The molecule has 0 radical (unpaired) electrons. The Morgan fingerprint density at radius 2 is 2.17 bits per heavy atom. The molecule has 0 aliphatic carbocycles. The fraction of sp³-hybridized carbons (Fsp3) is 0.538. The first-order chi connectivity index (χ1) is 8.50. The molecule has 0 bridgehead atoms. The van der Waals surface area contributed by atoms with E-state index in [4.69, 9.17) is 4.42 Å². The van der Waals surface area contributed by atoms with Crippen LogP contribution in [0.5, 0.6) is 0 Å². The highest BCUT2D eigenvalue weighted by Gasteiger charge is 2.21. The van der Waals surface area contributed by atoms with Gasteiger partial charge in [0.15, 0.2) is 0 Å². The molecule has 2 aromatic rings. The van der Waals surface area contributed by atoms with Gasteiger partial charge in [0.25, 0.3) is 0 Å². The Hall–Kier alpha value is -1.36. The van der Waals surface area contributed by atoms with E-state index in [0.29, 0.717) is 0 Å². The third-order valence-corrected chi connectivity index (χ3v) is 3.47. The van der Waals surface area contributed by atoms with Gasteiger partial charge in [-0.15, -0.1) is 0 Å². The van der Waals surface area contributed by atoms with Gasteiger partial charge in [-0.2, -0.15) is 4.37 Å². The minimum Gasteiger partial charge on any atom is -0.472 e. The molecule has 0 amide bonds. The summed E-state index contributed by atoms with van der Waals surface area (Å²) in [6.07, 6.45) is 3.47. The van der Waals surface area contributed by atoms with Crippen molar-refractivity contribution >= 4 is 16.7 Å². The van der Waals surface area contributed by atoms with Gasteiger partial charge in [-0.05, 0) is 13.0 Å². The van der Waals surface area contributed by atoms with Crippen LogP contribution < -0.4 is 4.90 Å². The second kappa shape index (κ2) is 5.10. The first-order valence-corrected chi connectivity index (χ1v) is 6.88. The molecule has 0 spiro atoms. The predicted molar refractivity (Wildman–Crippen MR) is 74.0 cm³/mol. The van der Waals surface area contributed by atoms with E-state index in [-0.39, 0.29) is 5.41 Å². The SMILES string of the molecule is CCN(Cc1ccoc1)c1nc(C(C)(C)C)ns1. The van der Waals surface area contributed by atoms with Crippen LogP contribution in [0.3, 0.4) is 0 Å². The maximum Gasteiger partial charge on any atom is 0.205 e. The van der Waals surface area contributed by atoms with Gasteiger partial charge in [0.05, 0.1) is 12.5 Å². The van der Waals surface area contributed by atoms with Crippen molar-refractivity contribution < 1.29 is 4.42 Å². The Labute approximate surface area is 112 Å². The van der Waals surface area contributed by atoms with Crippen LogP contribution in [-0.2, 0) is 12.0 Å². The normalized spacial score (nSPS) is 11.8. The van der Waals surface area contributed by atoms with Crippen molar-refractivity contribution in [3.05, 3.63) is 30.0 Å². The summed E-state index contributed by atoms with van der Waals surface area (Å²) in [4.78, 5) is 6.84. The highest BCUT2D eigenvalue weighted by Crippen LogP contribution is 2.26. The molecular formula is C13H19N3OS. The largest absolute Gasteiger partial charge is 0.472 e. The molecule has 0 aromatic carbocycles. The van der Waals surface area contributed by atoms with E-state index in [1.807, 2.05) is 6.07 Å². The van der Waals surface area contributed by atoms with E-state index in [1.165, 1.54) is 11.5 Å². The Balaban J connectivity index is 2.15. The molecule has 0 N–H and O–H groups in total. The molecule has 0 unspecified atom stereocenters. The van der Waals surface area contributed by atoms with Gasteiger partial charge in [0.1, 0.15) is 5.82 Å². The Bertz CT molecular complexity index is 485. The summed E-state index contributed by atoms with van der Waals surface area (Å²) in [6, 6.07) is 1.98. The van der Waals surface area contributed by atoms with Crippen LogP contribution in [0.15, 0.2) is 23.0 Å². The molecule has 0 fully saturated rings. The molecule has 0 aliphatic heterocycles. The van der Waals surface area contributed by atoms with Crippen molar-refractivity contribution in [3.8, 4) is 0 Å². The molecule has 2 heterocycles. The maximum absolute atomic E-state index is 5.10. The zero-order chi connectivity index (χ0) is 13.2. The molecule has 98 valence electrons. The second-order valence-corrected chi connectivity index (χ2v) is 6.03. The van der Waals surface area contributed by atoms with Crippen molar-refractivity contribution in [2.75, 3.05) is 11.4 Å². The highest BCUT2D eigenvalue weighted by molar-refractivity contribution is 7.09. The predicted octanol–water partition coefficient (Wildman–Crippen LogP) is 3.46. The zero-order valence-corrected chi connectivity index (χ0v) is 12.1. The van der Waals surface area contributed by atoms with Crippen LogP contribution in [0.4, 0.5) is 5.13 Å². The van der Waals surface area contributed by atoms with E-state index in [1.54, 1.807) is 12.5 Å². The van der Waals surface area contributed by atoms with Gasteiger partial charge in [-0.25, -0.2) is 4.98 Å². The number of rotatable bonds is 4. The number of nitrogens with zero attached hydrogens (tertiary/aromatic N) is 3. The van der Waals surface area contributed by atoms with Gasteiger partial charge in [0, 0.05) is 35.6 Å². The van der Waals surface area contributed by atoms with Gasteiger partial charge in [-0.3, -0.25) is 0 Å². The summed E-state index contributed by atoms with van der Waals surface area (Å²) in [6.45, 7) is 10.2. The van der Waals surface area contributed by atoms with Crippen LogP contribution in [0, 0.1) is 0 Å². The summed E-state index contributed by atoms with van der Waals surface area (Å²) < 4.78 is 9.55. The topological polar surface area (TPSA) is 42.2 Å². The van der Waals surface area contributed by atoms with Crippen molar-refractivity contribution in [2.45, 2.75) is 39.7 Å². The Morgan fingerprint density at radius 1 is 1.39 bits per heavy atom. The number of hydrogen-bond acceptors (Lipinski definition) is 5. The van der Waals surface area contributed by atoms with Crippen molar-refractivity contribution in [1.29, 1.82) is 0 Å². The standard InChI is InChI=1S/C13H19N3OS/c1-5-16(8-10-6-7-17-9-10)12-14-11(15-18-12)13(2,3)4/h6-7,9H,5,8H2,1-4H3. The lowest BCUT2D eigenvalue weighted by atomic mass is 9.96. The lowest BCUT2D eigenvalue weighted by Gasteiger charge is -2.18. The molecule has 0 saturated heterocycles. The fourth-order valence-corrected chi connectivity index (χ4v) is 2.49. The number of aromatic nitrogens is 2. The molecule has 2 rings (SSSR count). The smallest absolute Gasteiger partial charge is 0.205 e. The molecule has 0 aliphatic rings. The van der Waals surface area contributed by atoms with Crippen molar-refractivity contribution in [1.82, 2.24) is 9.36 Å². The van der Waals surface area contributed by atoms with Crippen molar-refractivity contribution in [2.24, 2.45) is 0 Å². The van der Waals surface area contributed by atoms with Crippen molar-refractivity contribution in [3.63, 3.8) is 0 Å². The molecular weight excluding hydrogens is 246 g/mol. The number of hydrogen-bond donors (Lipinski definition) is 0. The van der Waals surface area contributed by atoms with Gasteiger partial charge in [-0.1, -0.05) is 20.8 Å². The van der Waals surface area contributed by atoms with Gasteiger partial charge in [0.2, 0.25) is 5.13 Å². The summed E-state index contributed by atoms with van der Waals surface area (Å²) in [7, 11) is 0. The van der Waals surface area contributed by atoms with Crippen LogP contribution in [-0.4, -0.2) is 15.9 Å². The molecule has 0 atom stereocenters. The van der Waals surface area contributed by atoms with Crippen LogP contribution in [0.2, 0.25) is 0 Å². The minimum atomic E-state index is 0.00377. The van der Waals surface area contributed by atoms with Crippen LogP contribution in [0.1, 0.15) is 39.1 Å². The molecule has 18 heavy (non-hydrogen) atoms. The molecule has 4 nitrogen and oxygen atoms in total. The van der Waals surface area contributed by atoms with E-state index < -0.39 is 0 Å². The monoisotopic (exact) mass is 265 g/mol. The second-order valence-electron chi connectivity index (χ2n) is 5.30. The van der Waals surface area contributed by atoms with Gasteiger partial charge >= 0.3 is 0 Å². The fourth-order valence-electron chi connectivity index (χ4n) is 1.57. The summed E-state index contributed by atoms with van der Waals surface area (Å²) in [5, 5.41) is 0.976. The minimum absolute atomic E-state index is 0.00377. The molecule has 5 heteroatoms. The molecule has 2 aromatic heterocycles. The lowest BCUT2D eigenvalue weighted by molar-refractivity contribution is 0.553. The molecule has 0 saturated carbocycles. The summed E-state index contributed by atoms with van der Waals surface area (Å²) in [5.74, 6) is 0.910. The first kappa shape index (κ1) is 13.1. The quantitative estimate of drug-likeness (QED) is 0.849. The first-order valence-electron chi connectivity index (χ1n) is 6.11. The van der Waals surface area contributed by atoms with E-state index in [9.17, 15) is 0 Å². The number of anilines is 1. The Kier molecular flexibility index (Phi) is 3.71. The summed E-state index contributed by atoms with van der Waals surface area (Å²) in [5.41, 5.74) is 1.16. The Morgan fingerprint density at radius 3 is 2.67 bits per heavy atom. The van der Waals surface area contributed by atoms with E-state index >= 15 is 0 Å². The average Bonchev–Trinajstić information content (AvgIpc) is 2.95. The van der Waals surface area contributed by atoms with Gasteiger partial charge < -0.3 is 9.32 Å². The maximum atomic E-state index is 5.10. The van der Waals surface area contributed by atoms with Crippen LogP contribution in [0.25, 0.3) is 0 Å². The van der Waals surface area contributed by atoms with E-state index in [2.05, 4.69) is 42.0 Å². The summed E-state index contributed by atoms with van der Waals surface area (Å²) >= 11 is 1.47. The number of furan rings is 1. The van der Waals surface area contributed by atoms with E-state index in [0.717, 1.165) is 29.6 Å². The third kappa shape index (κ3) is 2.90. The van der Waals surface area contributed by atoms with Crippen LogP contribution >= 0.6 is 11.5 Å². The zero-order valence-electron chi connectivity index (χ0n) is 11.3. The average molecular weight is 265 g/mol.